The molecular formula is C21H39N3O6. The van der Waals surface area contributed by atoms with Gasteiger partial charge < -0.3 is 29.5 Å². The molecule has 0 radical (unpaired) electrons. The highest BCUT2D eigenvalue weighted by atomic mass is 16.5. The van der Waals surface area contributed by atoms with Gasteiger partial charge in [-0.3, -0.25) is 14.5 Å². The molecular weight excluding hydrogens is 390 g/mol. The fraction of sp³-hybridized carbons (Fsp3) is 0.905. The molecule has 9 nitrogen and oxygen atoms in total. The number of aliphatic hydroxyl groups excluding tert-OH is 2. The van der Waals surface area contributed by atoms with E-state index in [1.54, 1.807) is 4.90 Å². The van der Waals surface area contributed by atoms with Crippen LogP contribution in [0.25, 0.3) is 0 Å². The van der Waals surface area contributed by atoms with E-state index in [4.69, 9.17) is 9.47 Å². The summed E-state index contributed by atoms with van der Waals surface area (Å²) in [6, 6.07) is 0. The van der Waals surface area contributed by atoms with Gasteiger partial charge in [0.2, 0.25) is 11.8 Å². The number of ether oxygens (including phenoxy) is 2. The van der Waals surface area contributed by atoms with Gasteiger partial charge in [-0.25, -0.2) is 0 Å². The van der Waals surface area contributed by atoms with E-state index in [2.05, 4.69) is 4.90 Å². The van der Waals surface area contributed by atoms with Crippen molar-refractivity contribution in [1.29, 1.82) is 0 Å². The highest BCUT2D eigenvalue weighted by molar-refractivity contribution is 5.78. The number of amides is 2. The first-order valence-electron chi connectivity index (χ1n) is 11.1. The van der Waals surface area contributed by atoms with Crippen LogP contribution in [0.5, 0.6) is 0 Å². The fourth-order valence-electron chi connectivity index (χ4n) is 4.02. The lowest BCUT2D eigenvalue weighted by molar-refractivity contribution is -0.136. The fourth-order valence-corrected chi connectivity index (χ4v) is 4.02. The van der Waals surface area contributed by atoms with Crippen LogP contribution in [0.4, 0.5) is 0 Å². The number of methoxy groups -OCH3 is 1. The minimum atomic E-state index is -1.15. The maximum Gasteiger partial charge on any atom is 0.236 e. The van der Waals surface area contributed by atoms with Gasteiger partial charge in [0, 0.05) is 46.8 Å². The van der Waals surface area contributed by atoms with E-state index in [0.717, 1.165) is 38.8 Å². The average molecular weight is 430 g/mol. The van der Waals surface area contributed by atoms with Crippen LogP contribution in [0.3, 0.4) is 0 Å². The molecule has 30 heavy (non-hydrogen) atoms. The predicted octanol–water partition coefficient (Wildman–Crippen LogP) is -0.303. The molecule has 2 saturated heterocycles. The molecule has 0 unspecified atom stereocenters. The molecule has 2 amide bonds. The van der Waals surface area contributed by atoms with E-state index in [1.807, 2.05) is 4.90 Å². The second kappa shape index (κ2) is 13.2. The number of hydrogen-bond acceptors (Lipinski definition) is 7. The van der Waals surface area contributed by atoms with Crippen LogP contribution in [-0.4, -0.2) is 121 Å². The first kappa shape index (κ1) is 25.0. The molecule has 174 valence electrons. The predicted molar refractivity (Wildman–Crippen MR) is 112 cm³/mol. The second-order valence-electron chi connectivity index (χ2n) is 8.30. The van der Waals surface area contributed by atoms with Gasteiger partial charge in [0.25, 0.3) is 0 Å². The summed E-state index contributed by atoms with van der Waals surface area (Å²) in [4.78, 5) is 30.6. The zero-order valence-corrected chi connectivity index (χ0v) is 18.5. The highest BCUT2D eigenvalue weighted by Crippen LogP contribution is 2.11. The summed E-state index contributed by atoms with van der Waals surface area (Å²) in [6.45, 7) is 6.22. The molecule has 2 aliphatic heterocycles. The third kappa shape index (κ3) is 8.11. The van der Waals surface area contributed by atoms with Crippen molar-refractivity contribution in [3.63, 3.8) is 0 Å². The Morgan fingerprint density at radius 2 is 1.60 bits per heavy atom. The average Bonchev–Trinajstić information content (AvgIpc) is 3.22. The minimum Gasteiger partial charge on any atom is -0.388 e. The van der Waals surface area contributed by atoms with Gasteiger partial charge >= 0.3 is 0 Å². The van der Waals surface area contributed by atoms with E-state index < -0.39 is 18.3 Å². The number of likely N-dealkylation sites (tertiary alicyclic amines) is 1. The van der Waals surface area contributed by atoms with Gasteiger partial charge in [0.05, 0.1) is 13.2 Å². The molecule has 0 aliphatic carbocycles. The maximum atomic E-state index is 12.8. The zero-order chi connectivity index (χ0) is 21.9. The van der Waals surface area contributed by atoms with Gasteiger partial charge in [-0.15, -0.1) is 0 Å². The lowest BCUT2D eigenvalue weighted by atomic mass is 10.1. The number of aliphatic hydroxyl groups is 2. The Labute approximate surface area is 179 Å². The van der Waals surface area contributed by atoms with Crippen molar-refractivity contribution in [2.45, 2.75) is 57.3 Å². The molecule has 2 fully saturated rings. The van der Waals surface area contributed by atoms with Crippen LogP contribution in [0.2, 0.25) is 0 Å². The van der Waals surface area contributed by atoms with Gasteiger partial charge in [0.1, 0.15) is 18.3 Å². The van der Waals surface area contributed by atoms with Crippen LogP contribution in [-0.2, 0) is 19.1 Å². The number of rotatable bonds is 3. The quantitative estimate of drug-likeness (QED) is 0.635. The van der Waals surface area contributed by atoms with Crippen molar-refractivity contribution in [2.75, 3.05) is 66.1 Å². The van der Waals surface area contributed by atoms with E-state index in [1.165, 1.54) is 14.0 Å². The van der Waals surface area contributed by atoms with Gasteiger partial charge in [0.15, 0.2) is 0 Å². The Morgan fingerprint density at radius 1 is 0.967 bits per heavy atom. The van der Waals surface area contributed by atoms with E-state index in [-0.39, 0.29) is 25.0 Å². The normalized spacial score (nSPS) is 28.7. The lowest BCUT2D eigenvalue weighted by Gasteiger charge is -2.31. The summed E-state index contributed by atoms with van der Waals surface area (Å²) in [5, 5.41) is 20.6. The van der Waals surface area contributed by atoms with Crippen molar-refractivity contribution in [1.82, 2.24) is 14.7 Å². The van der Waals surface area contributed by atoms with Gasteiger partial charge in [-0.1, -0.05) is 0 Å². The first-order chi connectivity index (χ1) is 14.4. The minimum absolute atomic E-state index is 0.00129. The number of nitrogens with zero attached hydrogens (tertiary/aromatic N) is 3. The third-order valence-corrected chi connectivity index (χ3v) is 5.95. The van der Waals surface area contributed by atoms with Crippen molar-refractivity contribution in [3.05, 3.63) is 0 Å². The molecule has 2 aliphatic rings. The number of hydrogen-bond donors (Lipinski definition) is 2. The van der Waals surface area contributed by atoms with E-state index in [9.17, 15) is 19.8 Å². The van der Waals surface area contributed by atoms with Crippen LogP contribution >= 0.6 is 0 Å². The molecule has 0 bridgehead atoms. The molecule has 0 aromatic rings. The second-order valence-corrected chi connectivity index (χ2v) is 8.30. The molecule has 2 heterocycles. The standard InChI is InChI=1S/C21H39N3O6/c1-17(25)24-12-7-11-23(20(27)15-22-8-3-4-9-22)10-5-6-13-30-16-18(26)21(28)19(14-24)29-2/h18-19,21,26,28H,3-16H2,1-2H3/t18-,19-,21-/m0/s1. The van der Waals surface area contributed by atoms with Crippen molar-refractivity contribution >= 4 is 11.8 Å². The summed E-state index contributed by atoms with van der Waals surface area (Å²) in [7, 11) is 1.45. The summed E-state index contributed by atoms with van der Waals surface area (Å²) in [5.74, 6) is 0.00590. The summed E-state index contributed by atoms with van der Waals surface area (Å²) < 4.78 is 10.8. The maximum absolute atomic E-state index is 12.8. The van der Waals surface area contributed by atoms with Crippen LogP contribution < -0.4 is 0 Å². The Hall–Kier alpha value is -1.26. The molecule has 0 aromatic heterocycles. The van der Waals surface area contributed by atoms with Gasteiger partial charge in [-0.2, -0.15) is 0 Å². The number of carbonyl (C=O) groups is 2. The Morgan fingerprint density at radius 3 is 2.27 bits per heavy atom. The Bertz CT molecular complexity index is 529. The summed E-state index contributed by atoms with van der Waals surface area (Å²) in [6.07, 6.45) is 1.56. The molecule has 0 spiro atoms. The van der Waals surface area contributed by atoms with Crippen LogP contribution in [0.1, 0.15) is 39.0 Å². The van der Waals surface area contributed by atoms with Crippen LogP contribution in [0.15, 0.2) is 0 Å². The van der Waals surface area contributed by atoms with Crippen molar-refractivity contribution in [3.8, 4) is 0 Å². The van der Waals surface area contributed by atoms with Crippen LogP contribution in [0, 0.1) is 0 Å². The molecule has 0 aromatic carbocycles. The molecule has 2 N–H and O–H groups in total. The topological polar surface area (TPSA) is 103 Å². The largest absolute Gasteiger partial charge is 0.388 e. The number of carbonyl (C=O) groups excluding carboxylic acids is 2. The van der Waals surface area contributed by atoms with Crippen molar-refractivity contribution in [2.24, 2.45) is 0 Å². The molecule has 3 atom stereocenters. The lowest BCUT2D eigenvalue weighted by Crippen LogP contribution is -2.48. The van der Waals surface area contributed by atoms with Gasteiger partial charge in [-0.05, 0) is 45.2 Å². The summed E-state index contributed by atoms with van der Waals surface area (Å²) in [5.41, 5.74) is 0. The van der Waals surface area contributed by atoms with E-state index in [0.29, 0.717) is 39.2 Å². The molecule has 9 heteroatoms. The van der Waals surface area contributed by atoms with Crippen molar-refractivity contribution < 1.29 is 29.3 Å². The SMILES string of the molecule is CO[C@H]1CN(C(C)=O)CCCN(C(=O)CN2CCCC2)CCCCOC[C@H](O)[C@@H]1O. The smallest absolute Gasteiger partial charge is 0.236 e. The zero-order valence-electron chi connectivity index (χ0n) is 18.5. The summed E-state index contributed by atoms with van der Waals surface area (Å²) >= 11 is 0. The monoisotopic (exact) mass is 429 g/mol. The van der Waals surface area contributed by atoms with E-state index >= 15 is 0 Å². The third-order valence-electron chi connectivity index (χ3n) is 5.95. The Balaban J connectivity index is 2.01. The Kier molecular flexibility index (Phi) is 11.0. The highest BCUT2D eigenvalue weighted by Gasteiger charge is 2.29. The molecule has 2 rings (SSSR count). The molecule has 0 saturated carbocycles. The first-order valence-corrected chi connectivity index (χ1v) is 11.1.